The van der Waals surface area contributed by atoms with Crippen LogP contribution in [0.3, 0.4) is 0 Å². The van der Waals surface area contributed by atoms with Gasteiger partial charge in [-0.1, -0.05) is 43.3 Å². The fraction of sp³-hybridized carbons (Fsp3) is 0.211. The van der Waals surface area contributed by atoms with Crippen molar-refractivity contribution in [2.75, 3.05) is 0 Å². The highest BCUT2D eigenvalue weighted by molar-refractivity contribution is 5.78. The Balaban J connectivity index is 1.55. The number of H-pyrrole nitrogens is 1. The molecular formula is C19H19N5. The fourth-order valence-electron chi connectivity index (χ4n) is 2.82. The summed E-state index contributed by atoms with van der Waals surface area (Å²) in [5.74, 6) is 0.530. The van der Waals surface area contributed by atoms with Crippen LogP contribution in [0.15, 0.2) is 54.9 Å². The van der Waals surface area contributed by atoms with Gasteiger partial charge in [-0.15, -0.1) is 5.10 Å². The van der Waals surface area contributed by atoms with E-state index in [9.17, 15) is 0 Å². The van der Waals surface area contributed by atoms with E-state index in [-0.39, 0.29) is 0 Å². The summed E-state index contributed by atoms with van der Waals surface area (Å²) >= 11 is 0. The lowest BCUT2D eigenvalue weighted by molar-refractivity contribution is 0.796. The van der Waals surface area contributed by atoms with Crippen LogP contribution in [-0.2, 0) is 6.42 Å². The minimum Gasteiger partial charge on any atom is -0.278 e. The van der Waals surface area contributed by atoms with Gasteiger partial charge in [-0.2, -0.15) is 5.10 Å². The lowest BCUT2D eigenvalue weighted by atomic mass is 10.0. The predicted molar refractivity (Wildman–Crippen MR) is 94.3 cm³/mol. The molecule has 0 radical (unpaired) electrons. The summed E-state index contributed by atoms with van der Waals surface area (Å²) in [6.45, 7) is 4.39. The van der Waals surface area contributed by atoms with Gasteiger partial charge in [0.15, 0.2) is 0 Å². The van der Waals surface area contributed by atoms with E-state index in [1.54, 1.807) is 0 Å². The van der Waals surface area contributed by atoms with Gasteiger partial charge in [0.2, 0.25) is 0 Å². The molecule has 0 bridgehead atoms. The van der Waals surface area contributed by atoms with Crippen molar-refractivity contribution in [3.63, 3.8) is 0 Å². The maximum Gasteiger partial charge on any atom is 0.0875 e. The van der Waals surface area contributed by atoms with E-state index < -0.39 is 0 Å². The molecule has 24 heavy (non-hydrogen) atoms. The highest BCUT2D eigenvalue weighted by Crippen LogP contribution is 2.18. The van der Waals surface area contributed by atoms with E-state index in [1.165, 1.54) is 11.1 Å². The smallest absolute Gasteiger partial charge is 0.0875 e. The summed E-state index contributed by atoms with van der Waals surface area (Å²) in [6.07, 6.45) is 4.57. The summed E-state index contributed by atoms with van der Waals surface area (Å²) in [5.41, 5.74) is 5.54. The zero-order valence-corrected chi connectivity index (χ0v) is 13.8. The second kappa shape index (κ2) is 5.92. The highest BCUT2D eigenvalue weighted by atomic mass is 15.4. The first-order valence-electron chi connectivity index (χ1n) is 8.12. The van der Waals surface area contributed by atoms with Gasteiger partial charge in [0.1, 0.15) is 0 Å². The van der Waals surface area contributed by atoms with Crippen molar-refractivity contribution < 1.29 is 0 Å². The number of benzene rings is 2. The monoisotopic (exact) mass is 317 g/mol. The fourth-order valence-corrected chi connectivity index (χ4v) is 2.82. The Bertz CT molecular complexity index is 963. The molecule has 0 aliphatic heterocycles. The SMILES string of the molecule is CC(C)c1ccc(-n2cc(Cc3ccc4cn[nH]c4c3)nn2)cc1. The number of hydrogen-bond acceptors (Lipinski definition) is 3. The van der Waals surface area contributed by atoms with Gasteiger partial charge < -0.3 is 0 Å². The Kier molecular flexibility index (Phi) is 3.61. The third-order valence-electron chi connectivity index (χ3n) is 4.26. The first-order chi connectivity index (χ1) is 11.7. The lowest BCUT2D eigenvalue weighted by Gasteiger charge is -2.06. The Morgan fingerprint density at radius 2 is 1.92 bits per heavy atom. The molecule has 1 N–H and O–H groups in total. The minimum atomic E-state index is 0.530. The van der Waals surface area contributed by atoms with Gasteiger partial charge >= 0.3 is 0 Å². The van der Waals surface area contributed by atoms with E-state index in [0.29, 0.717) is 5.92 Å². The summed E-state index contributed by atoms with van der Waals surface area (Å²) in [5, 5.41) is 16.7. The van der Waals surface area contributed by atoms with Crippen LogP contribution in [0.4, 0.5) is 0 Å². The molecule has 2 heterocycles. The number of nitrogens with zero attached hydrogens (tertiary/aromatic N) is 4. The molecule has 0 atom stereocenters. The first-order valence-corrected chi connectivity index (χ1v) is 8.12. The van der Waals surface area contributed by atoms with Crippen molar-refractivity contribution in [1.82, 2.24) is 25.2 Å². The molecule has 0 fully saturated rings. The molecule has 0 aliphatic rings. The van der Waals surface area contributed by atoms with E-state index in [0.717, 1.165) is 28.7 Å². The molecule has 0 spiro atoms. The molecule has 0 aliphatic carbocycles. The molecule has 2 aromatic carbocycles. The molecule has 0 unspecified atom stereocenters. The predicted octanol–water partition coefficient (Wildman–Crippen LogP) is 3.86. The molecule has 0 saturated heterocycles. The zero-order chi connectivity index (χ0) is 16.5. The van der Waals surface area contributed by atoms with Crippen LogP contribution in [0.25, 0.3) is 16.6 Å². The summed E-state index contributed by atoms with van der Waals surface area (Å²) in [7, 11) is 0. The normalized spacial score (nSPS) is 11.5. The van der Waals surface area contributed by atoms with Crippen molar-refractivity contribution >= 4 is 10.9 Å². The number of hydrogen-bond donors (Lipinski definition) is 1. The molecule has 0 amide bonds. The second-order valence-electron chi connectivity index (χ2n) is 6.37. The van der Waals surface area contributed by atoms with Gasteiger partial charge in [-0.3, -0.25) is 5.10 Å². The summed E-state index contributed by atoms with van der Waals surface area (Å²) < 4.78 is 1.83. The molecule has 5 nitrogen and oxygen atoms in total. The average Bonchev–Trinajstić information content (AvgIpc) is 3.24. The maximum absolute atomic E-state index is 4.30. The Morgan fingerprint density at radius 3 is 2.71 bits per heavy atom. The first kappa shape index (κ1) is 14.6. The van der Waals surface area contributed by atoms with Crippen molar-refractivity contribution in [2.24, 2.45) is 0 Å². The van der Waals surface area contributed by atoms with Crippen LogP contribution >= 0.6 is 0 Å². The van der Waals surface area contributed by atoms with Crippen LogP contribution in [0, 0.1) is 0 Å². The van der Waals surface area contributed by atoms with E-state index >= 15 is 0 Å². The standard InChI is InChI=1S/C19H19N5/c1-13(2)15-5-7-18(8-6-15)24-12-17(21-23-24)9-14-3-4-16-11-20-22-19(16)10-14/h3-8,10-13H,9H2,1-2H3,(H,20,22). The number of aromatic nitrogens is 5. The molecule has 5 heteroatoms. The Morgan fingerprint density at radius 1 is 1.08 bits per heavy atom. The molecule has 120 valence electrons. The number of aromatic amines is 1. The molecule has 4 aromatic rings. The maximum atomic E-state index is 4.30. The van der Waals surface area contributed by atoms with Gasteiger partial charge in [0.05, 0.1) is 29.3 Å². The van der Waals surface area contributed by atoms with Gasteiger partial charge in [-0.25, -0.2) is 4.68 Å². The van der Waals surface area contributed by atoms with Gasteiger partial charge in [0, 0.05) is 11.8 Å². The quantitative estimate of drug-likeness (QED) is 0.622. The largest absolute Gasteiger partial charge is 0.278 e. The van der Waals surface area contributed by atoms with E-state index in [2.05, 4.69) is 76.8 Å². The zero-order valence-electron chi connectivity index (χ0n) is 13.8. The number of fused-ring (bicyclic) bond motifs is 1. The average molecular weight is 317 g/mol. The van der Waals surface area contributed by atoms with Crippen LogP contribution in [0.5, 0.6) is 0 Å². The van der Waals surface area contributed by atoms with Crippen LogP contribution < -0.4 is 0 Å². The van der Waals surface area contributed by atoms with Crippen molar-refractivity contribution in [3.8, 4) is 5.69 Å². The molecule has 4 rings (SSSR count). The minimum absolute atomic E-state index is 0.530. The van der Waals surface area contributed by atoms with E-state index in [1.807, 2.05) is 17.1 Å². The summed E-state index contributed by atoms with van der Waals surface area (Å²) in [4.78, 5) is 0. The lowest BCUT2D eigenvalue weighted by Crippen LogP contribution is -1.95. The third kappa shape index (κ3) is 2.80. The third-order valence-corrected chi connectivity index (χ3v) is 4.26. The topological polar surface area (TPSA) is 59.4 Å². The van der Waals surface area contributed by atoms with Crippen LogP contribution in [0.1, 0.15) is 36.6 Å². The Labute approximate surface area is 140 Å². The highest BCUT2D eigenvalue weighted by Gasteiger charge is 2.06. The Hall–Kier alpha value is -2.95. The number of rotatable bonds is 4. The number of nitrogens with one attached hydrogen (secondary N) is 1. The van der Waals surface area contributed by atoms with Gasteiger partial charge in [0.25, 0.3) is 0 Å². The molecular weight excluding hydrogens is 298 g/mol. The summed E-state index contributed by atoms with van der Waals surface area (Å²) in [6, 6.07) is 14.8. The van der Waals surface area contributed by atoms with E-state index in [4.69, 9.17) is 0 Å². The second-order valence-corrected chi connectivity index (χ2v) is 6.37. The van der Waals surface area contributed by atoms with Crippen LogP contribution in [0.2, 0.25) is 0 Å². The molecule has 0 saturated carbocycles. The molecule has 2 aromatic heterocycles. The van der Waals surface area contributed by atoms with Crippen molar-refractivity contribution in [2.45, 2.75) is 26.2 Å². The van der Waals surface area contributed by atoms with Gasteiger partial charge in [-0.05, 0) is 35.2 Å². The van der Waals surface area contributed by atoms with Crippen molar-refractivity contribution in [1.29, 1.82) is 0 Å². The van der Waals surface area contributed by atoms with Crippen LogP contribution in [-0.4, -0.2) is 25.2 Å². The van der Waals surface area contributed by atoms with Crippen molar-refractivity contribution in [3.05, 3.63) is 71.7 Å².